The van der Waals surface area contributed by atoms with Gasteiger partial charge in [0.05, 0.1) is 18.8 Å². The molecule has 6 aliphatic carbocycles. The molecule has 56 heavy (non-hydrogen) atoms. The molecule has 320 valence electrons. The first-order valence-electron chi connectivity index (χ1n) is 23.1. The lowest BCUT2D eigenvalue weighted by molar-refractivity contribution is -0.193. The zero-order chi connectivity index (χ0) is 39.9. The predicted octanol–water partition coefficient (Wildman–Crippen LogP) is 4.74. The molecular weight excluding hydrogens is 707 g/mol. The minimum atomic E-state index is -0.822. The Kier molecular flexibility index (Phi) is 13.8. The second kappa shape index (κ2) is 18.1. The van der Waals surface area contributed by atoms with Crippen molar-refractivity contribution in [2.75, 3.05) is 40.9 Å². The SMILES string of the molecule is COC1C(CN2O[C@@H](CO)[C@H]([C@H](C)O)[C@H]2C(=O)N[C@H]2C[C@H]3C[C@@H]([C@@H]2C)C3(C)C)CCCC1C1CC(C(=O)NC[C@H]2CC[C@@H](C3CCCCC3)N2)CC(N(C)C)C1. The van der Waals surface area contributed by atoms with E-state index in [0.717, 1.165) is 57.3 Å². The summed E-state index contributed by atoms with van der Waals surface area (Å²) in [5.41, 5.74) is 0.319. The van der Waals surface area contributed by atoms with Crippen LogP contribution in [0.5, 0.6) is 0 Å². The standard InChI is InChI=1S/C45H79N5O6/c1-26-36-21-32(45(36,3)4)22-38(26)48-44(54)41-40(27(2)52)39(25-51)56-50(41)24-29-14-11-15-35(42(29)55-7)30-18-31(20-34(19-30)49(5)6)43(53)46-23-33-16-17-37(47-33)28-12-9-8-10-13-28/h26-42,47,51-52H,8-25H2,1-7H3,(H,46,53)(H,48,54)/t26-,27-,29?,30?,31?,32+,33+,34?,35?,36-,37-,38-,39-,40-,41-,42?/m0/s1. The maximum Gasteiger partial charge on any atom is 0.240 e. The smallest absolute Gasteiger partial charge is 0.240 e. The van der Waals surface area contributed by atoms with Gasteiger partial charge in [-0.3, -0.25) is 14.4 Å². The van der Waals surface area contributed by atoms with E-state index in [-0.39, 0.29) is 42.4 Å². The summed E-state index contributed by atoms with van der Waals surface area (Å²) < 4.78 is 6.44. The Hall–Kier alpha value is -1.34. The first-order chi connectivity index (χ1) is 26.8. The van der Waals surface area contributed by atoms with Crippen LogP contribution in [-0.4, -0.2) is 121 Å². The first kappa shape index (κ1) is 42.8. The molecule has 6 unspecified atom stereocenters. The van der Waals surface area contributed by atoms with Crippen LogP contribution in [0.15, 0.2) is 0 Å². The lowest BCUT2D eigenvalue weighted by Crippen LogP contribution is -2.62. The maximum absolute atomic E-state index is 14.4. The van der Waals surface area contributed by atoms with Gasteiger partial charge in [-0.1, -0.05) is 46.5 Å². The number of carbonyl (C=O) groups is 2. The third-order valence-corrected chi connectivity index (χ3v) is 17.2. The number of carbonyl (C=O) groups excluding carboxylic acids is 2. The Bertz CT molecular complexity index is 1330. The van der Waals surface area contributed by atoms with Gasteiger partial charge in [0.1, 0.15) is 12.1 Å². The Morgan fingerprint density at radius 3 is 2.39 bits per heavy atom. The summed E-state index contributed by atoms with van der Waals surface area (Å²) in [6, 6.07) is 0.712. The molecule has 8 rings (SSSR count). The van der Waals surface area contributed by atoms with Crippen LogP contribution in [0.4, 0.5) is 0 Å². The number of amides is 2. The molecule has 11 heteroatoms. The van der Waals surface area contributed by atoms with E-state index in [1.54, 1.807) is 12.0 Å². The van der Waals surface area contributed by atoms with E-state index in [1.165, 1.54) is 44.9 Å². The van der Waals surface area contributed by atoms with Crippen molar-refractivity contribution in [2.45, 2.75) is 173 Å². The highest BCUT2D eigenvalue weighted by molar-refractivity contribution is 5.83. The first-order valence-corrected chi connectivity index (χ1v) is 23.1. The van der Waals surface area contributed by atoms with Crippen molar-refractivity contribution in [3.8, 4) is 0 Å². The number of fused-ring (bicyclic) bond motifs is 2. The lowest BCUT2D eigenvalue weighted by atomic mass is 9.45. The lowest BCUT2D eigenvalue weighted by Gasteiger charge is -2.62. The maximum atomic E-state index is 14.4. The van der Waals surface area contributed by atoms with Gasteiger partial charge in [-0.15, -0.1) is 0 Å². The molecule has 2 bridgehead atoms. The fraction of sp³-hybridized carbons (Fsp3) is 0.956. The molecule has 2 aliphatic heterocycles. The molecule has 0 aromatic carbocycles. The van der Waals surface area contributed by atoms with Crippen molar-refractivity contribution in [2.24, 2.45) is 58.7 Å². The number of methoxy groups -OCH3 is 1. The zero-order valence-corrected chi connectivity index (χ0v) is 36.0. The van der Waals surface area contributed by atoms with Crippen LogP contribution >= 0.6 is 0 Å². The molecule has 0 spiro atoms. The van der Waals surface area contributed by atoms with Gasteiger partial charge in [0.15, 0.2) is 0 Å². The summed E-state index contributed by atoms with van der Waals surface area (Å²) in [5.74, 6) is 2.69. The fourth-order valence-corrected chi connectivity index (χ4v) is 13.7. The van der Waals surface area contributed by atoms with Crippen LogP contribution < -0.4 is 16.0 Å². The Balaban J connectivity index is 1.00. The number of aliphatic hydroxyl groups excluding tert-OH is 2. The molecule has 5 N–H and O–H groups in total. The van der Waals surface area contributed by atoms with E-state index in [0.29, 0.717) is 66.2 Å². The number of hydroxylamine groups is 2. The van der Waals surface area contributed by atoms with Gasteiger partial charge in [0.25, 0.3) is 0 Å². The minimum Gasteiger partial charge on any atom is -0.394 e. The van der Waals surface area contributed by atoms with Crippen LogP contribution in [0, 0.1) is 58.7 Å². The fourth-order valence-electron chi connectivity index (χ4n) is 13.7. The highest BCUT2D eigenvalue weighted by atomic mass is 16.7. The van der Waals surface area contributed by atoms with Crippen molar-refractivity contribution in [1.82, 2.24) is 25.9 Å². The van der Waals surface area contributed by atoms with Crippen molar-refractivity contribution in [3.63, 3.8) is 0 Å². The summed E-state index contributed by atoms with van der Waals surface area (Å²) in [5, 5.41) is 34.0. The van der Waals surface area contributed by atoms with E-state index in [2.05, 4.69) is 55.7 Å². The van der Waals surface area contributed by atoms with Gasteiger partial charge in [-0.05, 0) is 133 Å². The number of aliphatic hydroxyl groups is 2. The Morgan fingerprint density at radius 1 is 0.964 bits per heavy atom. The number of hydrogen-bond acceptors (Lipinski definition) is 9. The number of hydrogen-bond donors (Lipinski definition) is 5. The molecule has 0 aromatic rings. The molecule has 11 nitrogen and oxygen atoms in total. The second-order valence-corrected chi connectivity index (χ2v) is 20.8. The van der Waals surface area contributed by atoms with Gasteiger partial charge >= 0.3 is 0 Å². The van der Waals surface area contributed by atoms with E-state index in [9.17, 15) is 19.8 Å². The van der Waals surface area contributed by atoms with Gasteiger partial charge < -0.3 is 35.8 Å². The summed E-state index contributed by atoms with van der Waals surface area (Å²) in [6.45, 7) is 9.69. The quantitative estimate of drug-likeness (QED) is 0.180. The van der Waals surface area contributed by atoms with Crippen molar-refractivity contribution >= 4 is 11.8 Å². The van der Waals surface area contributed by atoms with Gasteiger partial charge in [-0.25, -0.2) is 0 Å². The molecule has 8 aliphatic rings. The second-order valence-electron chi connectivity index (χ2n) is 20.8. The van der Waals surface area contributed by atoms with Crippen molar-refractivity contribution in [1.29, 1.82) is 0 Å². The topological polar surface area (TPSA) is 136 Å². The van der Waals surface area contributed by atoms with Gasteiger partial charge in [0.2, 0.25) is 11.8 Å². The minimum absolute atomic E-state index is 0.0273. The van der Waals surface area contributed by atoms with E-state index >= 15 is 0 Å². The largest absolute Gasteiger partial charge is 0.394 e. The molecule has 0 radical (unpaired) electrons. The molecule has 6 saturated carbocycles. The van der Waals surface area contributed by atoms with E-state index in [1.807, 2.05) is 7.11 Å². The summed E-state index contributed by atoms with van der Waals surface area (Å²) in [6.07, 6.45) is 15.7. The van der Waals surface area contributed by atoms with Crippen molar-refractivity contribution < 1.29 is 29.4 Å². The van der Waals surface area contributed by atoms with E-state index in [4.69, 9.17) is 9.57 Å². The van der Waals surface area contributed by atoms with Crippen LogP contribution in [0.2, 0.25) is 0 Å². The molecule has 2 heterocycles. The number of rotatable bonds is 13. The molecule has 16 atom stereocenters. The van der Waals surface area contributed by atoms with Crippen LogP contribution in [0.3, 0.4) is 0 Å². The molecule has 8 fully saturated rings. The highest BCUT2D eigenvalue weighted by Crippen LogP contribution is 2.61. The Morgan fingerprint density at radius 2 is 1.73 bits per heavy atom. The summed E-state index contributed by atoms with van der Waals surface area (Å²) in [7, 11) is 6.12. The third-order valence-electron chi connectivity index (χ3n) is 17.2. The monoisotopic (exact) mass is 786 g/mol. The van der Waals surface area contributed by atoms with Crippen LogP contribution in [0.25, 0.3) is 0 Å². The van der Waals surface area contributed by atoms with Gasteiger partial charge in [-0.2, -0.15) is 5.06 Å². The molecular formula is C45H79N5O6. The summed E-state index contributed by atoms with van der Waals surface area (Å²) in [4.78, 5) is 37.0. The molecule has 0 aromatic heterocycles. The van der Waals surface area contributed by atoms with Crippen LogP contribution in [-0.2, 0) is 19.2 Å². The Labute approximate surface area is 338 Å². The average molecular weight is 786 g/mol. The third kappa shape index (κ3) is 8.76. The van der Waals surface area contributed by atoms with Crippen molar-refractivity contribution in [3.05, 3.63) is 0 Å². The highest BCUT2D eigenvalue weighted by Gasteiger charge is 2.58. The normalized spacial score (nSPS) is 43.6. The van der Waals surface area contributed by atoms with E-state index < -0.39 is 24.2 Å². The number of nitrogens with zero attached hydrogens (tertiary/aromatic N) is 2. The predicted molar refractivity (Wildman–Crippen MR) is 218 cm³/mol. The summed E-state index contributed by atoms with van der Waals surface area (Å²) >= 11 is 0. The van der Waals surface area contributed by atoms with Gasteiger partial charge in [0, 0.05) is 62.1 Å². The van der Waals surface area contributed by atoms with Crippen LogP contribution in [0.1, 0.15) is 124 Å². The number of ether oxygens (including phenoxy) is 1. The zero-order valence-electron chi connectivity index (χ0n) is 36.0. The molecule has 2 amide bonds. The molecule has 2 saturated heterocycles. The average Bonchev–Trinajstić information content (AvgIpc) is 3.82. The number of nitrogens with one attached hydrogen (secondary N) is 3.